The van der Waals surface area contributed by atoms with Crippen LogP contribution in [0.15, 0.2) is 91.0 Å². The van der Waals surface area contributed by atoms with Crippen LogP contribution in [0.5, 0.6) is 23.0 Å². The summed E-state index contributed by atoms with van der Waals surface area (Å²) >= 11 is 13.0. The Hall–Kier alpha value is -3.34. The van der Waals surface area contributed by atoms with Crippen LogP contribution in [-0.4, -0.2) is 26.0 Å². The van der Waals surface area contributed by atoms with Crippen LogP contribution < -0.4 is 18.9 Å². The zero-order valence-electron chi connectivity index (χ0n) is 22.8. The number of alkyl halides is 2. The molecule has 0 saturated carbocycles. The maximum absolute atomic E-state index is 6.69. The molecule has 40 heavy (non-hydrogen) atoms. The molecule has 0 amide bonds. The van der Waals surface area contributed by atoms with Crippen molar-refractivity contribution in [3.63, 3.8) is 0 Å². The van der Waals surface area contributed by atoms with Gasteiger partial charge in [-0.1, -0.05) is 66.7 Å². The van der Waals surface area contributed by atoms with Gasteiger partial charge in [0.05, 0.1) is 14.2 Å². The lowest BCUT2D eigenvalue weighted by molar-refractivity contribution is 0.283. The summed E-state index contributed by atoms with van der Waals surface area (Å²) in [5.41, 5.74) is 5.71. The van der Waals surface area contributed by atoms with Gasteiger partial charge in [-0.3, -0.25) is 0 Å². The van der Waals surface area contributed by atoms with Crippen LogP contribution in [0.25, 0.3) is 0 Å². The van der Waals surface area contributed by atoms with E-state index in [-0.39, 0.29) is 17.8 Å². The van der Waals surface area contributed by atoms with E-state index in [0.29, 0.717) is 48.0 Å². The van der Waals surface area contributed by atoms with Gasteiger partial charge in [-0.2, -0.15) is 0 Å². The molecule has 208 valence electrons. The molecule has 1 aliphatic rings. The normalized spacial score (nSPS) is 17.8. The minimum atomic E-state index is 0.0442. The van der Waals surface area contributed by atoms with Crippen molar-refractivity contribution >= 4 is 23.2 Å². The molecule has 4 nitrogen and oxygen atoms in total. The first kappa shape index (κ1) is 28.2. The highest BCUT2D eigenvalue weighted by Crippen LogP contribution is 2.55. The molecule has 5 rings (SSSR count). The van der Waals surface area contributed by atoms with Crippen molar-refractivity contribution in [1.82, 2.24) is 0 Å². The van der Waals surface area contributed by atoms with Crippen molar-refractivity contribution in [1.29, 1.82) is 0 Å². The molecular weight excluding hydrogens is 543 g/mol. The van der Waals surface area contributed by atoms with Crippen molar-refractivity contribution < 1.29 is 18.9 Å². The van der Waals surface area contributed by atoms with Crippen LogP contribution in [-0.2, 0) is 13.2 Å². The molecular formula is C34H34Cl2O4. The van der Waals surface area contributed by atoms with E-state index in [4.69, 9.17) is 42.1 Å². The van der Waals surface area contributed by atoms with Gasteiger partial charge in [0.2, 0.25) is 0 Å². The van der Waals surface area contributed by atoms with E-state index in [2.05, 4.69) is 36.4 Å². The molecule has 3 atom stereocenters. The van der Waals surface area contributed by atoms with Crippen molar-refractivity contribution in [2.45, 2.75) is 31.5 Å². The van der Waals surface area contributed by atoms with Crippen LogP contribution in [0.3, 0.4) is 0 Å². The zero-order chi connectivity index (χ0) is 27.9. The smallest absolute Gasteiger partial charge is 0.161 e. The largest absolute Gasteiger partial charge is 0.493 e. The molecule has 0 bridgehead atoms. The Balaban J connectivity index is 1.50. The quantitative estimate of drug-likeness (QED) is 0.158. The average molecular weight is 578 g/mol. The van der Waals surface area contributed by atoms with Gasteiger partial charge in [0.25, 0.3) is 0 Å². The molecule has 0 radical (unpaired) electrons. The van der Waals surface area contributed by atoms with Crippen molar-refractivity contribution in [3.05, 3.63) is 119 Å². The fraction of sp³-hybridized carbons (Fsp3) is 0.294. The Bertz CT molecular complexity index is 1390. The highest BCUT2D eigenvalue weighted by atomic mass is 35.5. The Morgan fingerprint density at radius 3 is 1.77 bits per heavy atom. The van der Waals surface area contributed by atoms with Gasteiger partial charge in [-0.05, 0) is 70.3 Å². The lowest BCUT2D eigenvalue weighted by Crippen LogP contribution is -2.16. The molecule has 0 spiro atoms. The second-order valence-corrected chi connectivity index (χ2v) is 10.7. The number of ether oxygens (including phenoxy) is 4. The molecule has 4 aromatic carbocycles. The van der Waals surface area contributed by atoms with Crippen molar-refractivity contribution in [3.8, 4) is 23.0 Å². The first-order valence-electron chi connectivity index (χ1n) is 13.5. The molecule has 1 aliphatic carbocycles. The number of fused-ring (bicyclic) bond motifs is 1. The summed E-state index contributed by atoms with van der Waals surface area (Å²) in [7, 11) is 3.35. The fourth-order valence-electron chi connectivity index (χ4n) is 5.73. The maximum Gasteiger partial charge on any atom is 0.161 e. The van der Waals surface area contributed by atoms with Gasteiger partial charge in [-0.25, -0.2) is 0 Å². The number of rotatable bonds is 12. The summed E-state index contributed by atoms with van der Waals surface area (Å²) in [5, 5.41) is 0. The van der Waals surface area contributed by atoms with E-state index in [1.165, 1.54) is 11.1 Å². The molecule has 0 heterocycles. The monoisotopic (exact) mass is 576 g/mol. The van der Waals surface area contributed by atoms with Crippen LogP contribution in [0.2, 0.25) is 0 Å². The van der Waals surface area contributed by atoms with E-state index in [1.807, 2.05) is 54.6 Å². The Morgan fingerprint density at radius 1 is 0.625 bits per heavy atom. The summed E-state index contributed by atoms with van der Waals surface area (Å²) in [6, 6.07) is 30.7. The van der Waals surface area contributed by atoms with Gasteiger partial charge in [0.1, 0.15) is 13.2 Å². The Labute approximate surface area is 246 Å². The third-order valence-corrected chi connectivity index (χ3v) is 8.24. The van der Waals surface area contributed by atoms with Crippen LogP contribution in [0.1, 0.15) is 46.1 Å². The Kier molecular flexibility index (Phi) is 9.41. The summed E-state index contributed by atoms with van der Waals surface area (Å²) in [6.45, 7) is 0.915. The van der Waals surface area contributed by atoms with Gasteiger partial charge in [0, 0.05) is 17.7 Å². The number of hydrogen-bond donors (Lipinski definition) is 0. The van der Waals surface area contributed by atoms with Crippen LogP contribution in [0.4, 0.5) is 0 Å². The van der Waals surface area contributed by atoms with Gasteiger partial charge >= 0.3 is 0 Å². The molecule has 0 aliphatic heterocycles. The first-order valence-corrected chi connectivity index (χ1v) is 14.6. The summed E-state index contributed by atoms with van der Waals surface area (Å²) in [6.07, 6.45) is 0.825. The summed E-state index contributed by atoms with van der Waals surface area (Å²) in [5.74, 6) is 4.27. The van der Waals surface area contributed by atoms with E-state index in [9.17, 15) is 0 Å². The maximum atomic E-state index is 6.69. The second-order valence-electron chi connectivity index (χ2n) is 9.97. The molecule has 6 heteroatoms. The Morgan fingerprint density at radius 2 is 1.20 bits per heavy atom. The fourth-order valence-corrected chi connectivity index (χ4v) is 6.35. The minimum Gasteiger partial charge on any atom is -0.493 e. The predicted molar refractivity (Wildman–Crippen MR) is 162 cm³/mol. The van der Waals surface area contributed by atoms with E-state index < -0.39 is 0 Å². The summed E-state index contributed by atoms with van der Waals surface area (Å²) in [4.78, 5) is 0. The van der Waals surface area contributed by atoms with E-state index in [0.717, 1.165) is 23.1 Å². The molecule has 0 N–H and O–H groups in total. The second kappa shape index (κ2) is 13.3. The first-order chi connectivity index (χ1) is 19.7. The minimum absolute atomic E-state index is 0.0442. The van der Waals surface area contributed by atoms with Crippen LogP contribution in [0, 0.1) is 5.92 Å². The standard InChI is InChI=1S/C34H34Cl2O4/c1-37-31-17-25(13-14-30(31)39-21-23-9-5-3-6-10-23)34-28-19-33(40-22-24-11-7-4-8-12-24)32(38-2)18-27(28)26(15-16-35)29(34)20-36/h3-14,17-19,26,29,34H,15-16,20-22H2,1-2H3/t26-,29-,34-/m1/s1. The predicted octanol–water partition coefficient (Wildman–Crippen LogP) is 8.57. The van der Waals surface area contributed by atoms with Gasteiger partial charge < -0.3 is 18.9 Å². The van der Waals surface area contributed by atoms with Gasteiger partial charge in [0.15, 0.2) is 23.0 Å². The molecule has 0 fully saturated rings. The topological polar surface area (TPSA) is 36.9 Å². The zero-order valence-corrected chi connectivity index (χ0v) is 24.3. The lowest BCUT2D eigenvalue weighted by atomic mass is 9.82. The highest BCUT2D eigenvalue weighted by Gasteiger charge is 2.42. The van der Waals surface area contributed by atoms with Crippen LogP contribution >= 0.6 is 23.2 Å². The average Bonchev–Trinajstić information content (AvgIpc) is 3.31. The van der Waals surface area contributed by atoms with E-state index in [1.54, 1.807) is 14.2 Å². The SMILES string of the molecule is COc1cc([C@@H]2c3cc(OCc4ccccc4)c(OC)cc3[C@@H](CCCl)[C@H]2CCl)ccc1OCc1ccccc1. The van der Waals surface area contributed by atoms with Crippen molar-refractivity contribution in [2.75, 3.05) is 26.0 Å². The third kappa shape index (κ3) is 6.04. The third-order valence-electron chi connectivity index (χ3n) is 7.67. The van der Waals surface area contributed by atoms with Gasteiger partial charge in [-0.15, -0.1) is 23.2 Å². The molecule has 4 aromatic rings. The lowest BCUT2D eigenvalue weighted by Gasteiger charge is -2.24. The number of halogens is 2. The molecule has 0 saturated heterocycles. The van der Waals surface area contributed by atoms with Crippen molar-refractivity contribution in [2.24, 2.45) is 5.92 Å². The number of hydrogen-bond acceptors (Lipinski definition) is 4. The molecule has 0 aromatic heterocycles. The number of methoxy groups -OCH3 is 2. The number of benzene rings is 4. The summed E-state index contributed by atoms with van der Waals surface area (Å²) < 4.78 is 24.0. The van der Waals surface area contributed by atoms with E-state index >= 15 is 0 Å². The molecule has 0 unspecified atom stereocenters. The highest BCUT2D eigenvalue weighted by molar-refractivity contribution is 6.18.